The lowest BCUT2D eigenvalue weighted by molar-refractivity contribution is -0.162. The Morgan fingerprint density at radius 2 is 1.96 bits per heavy atom. The van der Waals surface area contributed by atoms with Crippen molar-refractivity contribution < 1.29 is 19.4 Å². The lowest BCUT2D eigenvalue weighted by atomic mass is 9.91. The summed E-state index contributed by atoms with van der Waals surface area (Å²) in [5, 5.41) is 9.75. The summed E-state index contributed by atoms with van der Waals surface area (Å²) < 4.78 is 7.65. The zero-order chi connectivity index (χ0) is 18.7. The third-order valence-electron chi connectivity index (χ3n) is 4.81. The molecule has 0 saturated carbocycles. The Bertz CT molecular complexity index is 809. The van der Waals surface area contributed by atoms with Crippen molar-refractivity contribution in [2.75, 3.05) is 13.1 Å². The van der Waals surface area contributed by atoms with Gasteiger partial charge in [-0.2, -0.15) is 0 Å². The highest BCUT2D eigenvalue weighted by molar-refractivity contribution is 5.80. The number of aromatic nitrogens is 3. The van der Waals surface area contributed by atoms with Crippen molar-refractivity contribution >= 4 is 11.9 Å². The Kier molecular flexibility index (Phi) is 4.92. The van der Waals surface area contributed by atoms with E-state index in [0.29, 0.717) is 24.5 Å². The zero-order valence-corrected chi connectivity index (χ0v) is 14.9. The van der Waals surface area contributed by atoms with Crippen LogP contribution in [0.2, 0.25) is 0 Å². The summed E-state index contributed by atoms with van der Waals surface area (Å²) >= 11 is 0. The van der Waals surface area contributed by atoms with Crippen LogP contribution in [0.3, 0.4) is 0 Å². The van der Waals surface area contributed by atoms with Crippen molar-refractivity contribution in [2.45, 2.75) is 38.8 Å². The number of rotatable bonds is 5. The average Bonchev–Trinajstić information content (AvgIpc) is 3.02. The molecule has 1 saturated heterocycles. The van der Waals surface area contributed by atoms with Gasteiger partial charge in [0.25, 0.3) is 0 Å². The molecule has 0 radical (unpaired) electrons. The topological polar surface area (TPSA) is 97.5 Å². The van der Waals surface area contributed by atoms with E-state index in [2.05, 4.69) is 9.97 Å². The van der Waals surface area contributed by atoms with Gasteiger partial charge in [0, 0.05) is 44.5 Å². The van der Waals surface area contributed by atoms with Gasteiger partial charge in [-0.15, -0.1) is 0 Å². The number of aryl methyl sites for hydroxylation is 2. The summed E-state index contributed by atoms with van der Waals surface area (Å²) in [6, 6.07) is 3.43. The summed E-state index contributed by atoms with van der Waals surface area (Å²) in [6.45, 7) is 4.48. The average molecular weight is 358 g/mol. The molecule has 1 N–H and O–H groups in total. The first-order valence-corrected chi connectivity index (χ1v) is 8.51. The maximum Gasteiger partial charge on any atom is 0.348 e. The lowest BCUT2D eigenvalue weighted by Gasteiger charge is -2.39. The number of piperidine rings is 1. The van der Waals surface area contributed by atoms with Gasteiger partial charge in [0.15, 0.2) is 0 Å². The van der Waals surface area contributed by atoms with Crippen LogP contribution in [0.5, 0.6) is 5.75 Å². The van der Waals surface area contributed by atoms with E-state index in [1.165, 1.54) is 0 Å². The quantitative estimate of drug-likeness (QED) is 0.868. The van der Waals surface area contributed by atoms with Gasteiger partial charge in [0.2, 0.25) is 11.5 Å². The van der Waals surface area contributed by atoms with Gasteiger partial charge in [0.1, 0.15) is 18.1 Å². The molecule has 1 amide bonds. The number of carboxylic acid groups (broad SMARTS) is 1. The molecule has 8 heteroatoms. The second kappa shape index (κ2) is 7.15. The first-order chi connectivity index (χ1) is 12.4. The van der Waals surface area contributed by atoms with Crippen molar-refractivity contribution in [3.8, 4) is 5.75 Å². The van der Waals surface area contributed by atoms with Gasteiger partial charge in [-0.05, 0) is 26.0 Å². The Labute approximate surface area is 151 Å². The molecular formula is C18H22N4O4. The smallest absolute Gasteiger partial charge is 0.348 e. The molecule has 138 valence electrons. The van der Waals surface area contributed by atoms with Gasteiger partial charge >= 0.3 is 5.97 Å². The van der Waals surface area contributed by atoms with Crippen molar-refractivity contribution in [1.29, 1.82) is 0 Å². The lowest BCUT2D eigenvalue weighted by Crippen LogP contribution is -2.54. The molecule has 0 bridgehead atoms. The number of likely N-dealkylation sites (tertiary alicyclic amines) is 1. The molecule has 26 heavy (non-hydrogen) atoms. The van der Waals surface area contributed by atoms with E-state index < -0.39 is 11.6 Å². The molecule has 3 rings (SSSR count). The molecule has 3 heterocycles. The maximum atomic E-state index is 12.5. The van der Waals surface area contributed by atoms with Gasteiger partial charge in [-0.25, -0.2) is 9.78 Å². The fourth-order valence-electron chi connectivity index (χ4n) is 3.08. The van der Waals surface area contributed by atoms with Crippen LogP contribution in [-0.2, 0) is 16.1 Å². The molecule has 2 aromatic rings. The number of aliphatic carboxylic acids is 1. The molecule has 0 unspecified atom stereocenters. The molecule has 1 fully saturated rings. The molecular weight excluding hydrogens is 336 g/mol. The second-order valence-electron chi connectivity index (χ2n) is 6.47. The van der Waals surface area contributed by atoms with Crippen LogP contribution in [0, 0.1) is 13.8 Å². The summed E-state index contributed by atoms with van der Waals surface area (Å²) in [4.78, 5) is 34.3. The minimum atomic E-state index is -1.34. The number of nitrogens with zero attached hydrogens (tertiary/aromatic N) is 4. The number of carbonyl (C=O) groups is 2. The minimum Gasteiger partial charge on any atom is -0.478 e. The number of carbonyl (C=O) groups excluding carboxylic acids is 1. The largest absolute Gasteiger partial charge is 0.478 e. The van der Waals surface area contributed by atoms with Gasteiger partial charge in [-0.3, -0.25) is 9.78 Å². The number of hydrogen-bond donors (Lipinski definition) is 1. The molecule has 1 aliphatic heterocycles. The zero-order valence-electron chi connectivity index (χ0n) is 14.9. The summed E-state index contributed by atoms with van der Waals surface area (Å²) in [5.74, 6) is 0.162. The van der Waals surface area contributed by atoms with E-state index >= 15 is 0 Å². The molecule has 1 aliphatic rings. The van der Waals surface area contributed by atoms with Gasteiger partial charge in [-0.1, -0.05) is 0 Å². The SMILES string of the molecule is Cc1ncccc1OC1(C(=O)O)CCN(C(=O)Cn2ccnc2C)CC1. The van der Waals surface area contributed by atoms with Gasteiger partial charge < -0.3 is 19.3 Å². The van der Waals surface area contributed by atoms with Crippen LogP contribution in [-0.4, -0.2) is 55.1 Å². The maximum absolute atomic E-state index is 12.5. The van der Waals surface area contributed by atoms with Crippen molar-refractivity contribution in [2.24, 2.45) is 0 Å². The standard InChI is InChI=1S/C18H22N4O4/c1-13-15(4-3-7-19-13)26-18(17(24)25)5-9-21(10-6-18)16(23)12-22-11-8-20-14(22)2/h3-4,7-8,11H,5-6,9-10,12H2,1-2H3,(H,24,25). The number of pyridine rings is 1. The van der Waals surface area contributed by atoms with Crippen LogP contribution in [0.1, 0.15) is 24.4 Å². The number of hydrogen-bond acceptors (Lipinski definition) is 5. The van der Waals surface area contributed by atoms with Crippen molar-refractivity contribution in [3.63, 3.8) is 0 Å². The Morgan fingerprint density at radius 1 is 1.23 bits per heavy atom. The fraction of sp³-hybridized carbons (Fsp3) is 0.444. The molecule has 0 atom stereocenters. The summed E-state index contributed by atoms with van der Waals surface area (Å²) in [6.07, 6.45) is 5.50. The predicted octanol–water partition coefficient (Wildman–Crippen LogP) is 1.42. The first-order valence-electron chi connectivity index (χ1n) is 8.51. The third kappa shape index (κ3) is 3.54. The van der Waals surface area contributed by atoms with Crippen LogP contribution in [0.4, 0.5) is 0 Å². The van der Waals surface area contributed by atoms with E-state index in [0.717, 1.165) is 5.82 Å². The highest BCUT2D eigenvalue weighted by Gasteiger charge is 2.45. The van der Waals surface area contributed by atoms with Crippen molar-refractivity contribution in [3.05, 3.63) is 42.2 Å². The van der Waals surface area contributed by atoms with Crippen LogP contribution in [0.15, 0.2) is 30.7 Å². The second-order valence-corrected chi connectivity index (χ2v) is 6.47. The molecule has 2 aromatic heterocycles. The minimum absolute atomic E-state index is 0.0531. The Hall–Kier alpha value is -2.90. The molecule has 0 aliphatic carbocycles. The van der Waals surface area contributed by atoms with E-state index in [4.69, 9.17) is 4.74 Å². The number of imidazole rings is 1. The summed E-state index contributed by atoms with van der Waals surface area (Å²) in [5.41, 5.74) is -0.697. The van der Waals surface area contributed by atoms with E-state index in [9.17, 15) is 14.7 Å². The van der Waals surface area contributed by atoms with Crippen LogP contribution < -0.4 is 4.74 Å². The predicted molar refractivity (Wildman–Crippen MR) is 92.7 cm³/mol. The molecule has 0 spiro atoms. The molecule has 0 aromatic carbocycles. The number of carboxylic acids is 1. The highest BCUT2D eigenvalue weighted by atomic mass is 16.5. The van der Waals surface area contributed by atoms with Gasteiger partial charge in [0.05, 0.1) is 5.69 Å². The van der Waals surface area contributed by atoms with Crippen LogP contribution >= 0.6 is 0 Å². The summed E-state index contributed by atoms with van der Waals surface area (Å²) in [7, 11) is 0. The van der Waals surface area contributed by atoms with E-state index in [-0.39, 0.29) is 25.3 Å². The van der Waals surface area contributed by atoms with Crippen LogP contribution in [0.25, 0.3) is 0 Å². The van der Waals surface area contributed by atoms with Crippen molar-refractivity contribution in [1.82, 2.24) is 19.4 Å². The number of amides is 1. The Morgan fingerprint density at radius 3 is 2.54 bits per heavy atom. The monoisotopic (exact) mass is 358 g/mol. The first kappa shape index (κ1) is 17.9. The Balaban J connectivity index is 1.67. The van der Waals surface area contributed by atoms with E-state index in [1.807, 2.05) is 6.92 Å². The normalized spacial score (nSPS) is 16.3. The number of ether oxygens (including phenoxy) is 1. The highest BCUT2D eigenvalue weighted by Crippen LogP contribution is 2.30. The third-order valence-corrected chi connectivity index (χ3v) is 4.81. The van der Waals surface area contributed by atoms with E-state index in [1.54, 1.807) is 47.1 Å². The molecule has 8 nitrogen and oxygen atoms in total. The fourth-order valence-corrected chi connectivity index (χ4v) is 3.08.